The fourth-order valence-corrected chi connectivity index (χ4v) is 16.6. The van der Waals surface area contributed by atoms with Gasteiger partial charge >= 0.3 is 0 Å². The van der Waals surface area contributed by atoms with E-state index in [2.05, 4.69) is 82.8 Å². The number of aromatic nitrogens is 4. The molecule has 3 heterocycles. The van der Waals surface area contributed by atoms with Gasteiger partial charge in [0.05, 0.1) is 60.9 Å². The van der Waals surface area contributed by atoms with Crippen molar-refractivity contribution >= 4 is 61.7 Å². The van der Waals surface area contributed by atoms with Crippen molar-refractivity contribution in [2.24, 2.45) is 0 Å². The fourth-order valence-electron chi connectivity index (χ4n) is 12.6. The highest BCUT2D eigenvalue weighted by molar-refractivity contribution is 7.20. The third kappa shape index (κ3) is 11.4. The summed E-state index contributed by atoms with van der Waals surface area (Å²) in [7, 11) is -6.34. The maximum Gasteiger partial charge on any atom is 0.269 e. The average molecular weight is 1260 g/mol. The molecule has 14 aromatic rings. The van der Waals surface area contributed by atoms with E-state index in [0.717, 1.165) is 49.6 Å². The third-order valence-electron chi connectivity index (χ3n) is 17.7. The molecule has 94 heavy (non-hydrogen) atoms. The first-order valence-electron chi connectivity index (χ1n) is 41.4. The van der Waals surface area contributed by atoms with E-state index in [9.17, 15) is 26.0 Å². The summed E-state index contributed by atoms with van der Waals surface area (Å²) in [6.45, 7) is 24.8. The Kier molecular flexibility index (Phi) is 10.7. The molecule has 14 rings (SSSR count). The van der Waals surface area contributed by atoms with E-state index < -0.39 is 166 Å². The zero-order valence-electron chi connectivity index (χ0n) is 74.7. The van der Waals surface area contributed by atoms with Gasteiger partial charge in [-0.15, -0.1) is 0 Å². The molecule has 0 aliphatic rings. The Labute approximate surface area is 584 Å². The van der Waals surface area contributed by atoms with Gasteiger partial charge in [0.25, 0.3) is 6.33 Å². The van der Waals surface area contributed by atoms with Crippen molar-refractivity contribution in [3.63, 3.8) is 0 Å². The van der Waals surface area contributed by atoms with Gasteiger partial charge in [-0.3, -0.25) is 13.7 Å². The first-order valence-corrected chi connectivity index (χ1v) is 33.4. The molecule has 5 nitrogen and oxygen atoms in total. The van der Waals surface area contributed by atoms with E-state index in [-0.39, 0.29) is 33.2 Å². The summed E-state index contributed by atoms with van der Waals surface area (Å²) in [5.74, 6) is 1.52. The van der Waals surface area contributed by atoms with E-state index in [1.54, 1.807) is 33.4 Å². The Morgan fingerprint density at radius 3 is 1.59 bits per heavy atom. The normalized spacial score (nSPS) is 15.4. The van der Waals surface area contributed by atoms with Crippen LogP contribution in [0, 0.1) is 6.33 Å². The lowest BCUT2D eigenvalue weighted by Crippen LogP contribution is -2.76. The van der Waals surface area contributed by atoms with Crippen molar-refractivity contribution in [1.29, 1.82) is 0 Å². The molecule has 0 unspecified atom stereocenters. The monoisotopic (exact) mass is 1260 g/mol. The number of imidazole rings is 1. The second kappa shape index (κ2) is 23.8. The summed E-state index contributed by atoms with van der Waals surface area (Å²) < 4.78 is 208. The number of rotatable bonds is 12. The van der Waals surface area contributed by atoms with E-state index in [1.165, 1.54) is 6.07 Å². The molecular formula is C88H82N4OSi. The lowest BCUT2D eigenvalue weighted by atomic mass is 9.78. The zero-order valence-corrected chi connectivity index (χ0v) is 55.7. The summed E-state index contributed by atoms with van der Waals surface area (Å²) in [4.78, 5) is 4.91. The minimum atomic E-state index is -6.34. The van der Waals surface area contributed by atoms with Crippen LogP contribution in [0.1, 0.15) is 133 Å². The van der Waals surface area contributed by atoms with E-state index in [1.807, 2.05) is 139 Å². The van der Waals surface area contributed by atoms with E-state index in [4.69, 9.17) is 11.1 Å². The maximum absolute atomic E-state index is 10.4. The molecule has 0 aliphatic heterocycles. The van der Waals surface area contributed by atoms with Gasteiger partial charge in [0, 0.05) is 23.0 Å². The average Bonchev–Trinajstić information content (AvgIpc) is 0.761. The fraction of sp³-hybridized carbons (Fsp3) is 0.182. The van der Waals surface area contributed by atoms with Crippen LogP contribution in [-0.4, -0.2) is 22.2 Å². The first-order chi connectivity index (χ1) is 53.4. The topological polar surface area (TPSA) is 35.9 Å². The number of hydrogen-bond donors (Lipinski definition) is 0. The largest absolute Gasteiger partial charge is 0.458 e. The maximum atomic E-state index is 10.4. The van der Waals surface area contributed by atoms with Crippen LogP contribution in [0.5, 0.6) is 11.5 Å². The smallest absolute Gasteiger partial charge is 0.269 e. The van der Waals surface area contributed by atoms with Gasteiger partial charge < -0.3 is 4.74 Å². The first kappa shape index (κ1) is 42.2. The van der Waals surface area contributed by atoms with Crippen molar-refractivity contribution in [1.82, 2.24) is 14.1 Å². The molecule has 0 N–H and O–H groups in total. The molecule has 11 aromatic carbocycles. The molecule has 0 bridgehead atoms. The molecule has 0 aliphatic carbocycles. The summed E-state index contributed by atoms with van der Waals surface area (Å²) in [5, 5.41) is -0.913. The van der Waals surface area contributed by atoms with Crippen LogP contribution in [-0.2, 0) is 21.7 Å². The number of pyridine rings is 1. The van der Waals surface area contributed by atoms with Gasteiger partial charge in [0.1, 0.15) is 17.3 Å². The second-order valence-corrected chi connectivity index (χ2v) is 31.6. The van der Waals surface area contributed by atoms with Gasteiger partial charge in [-0.25, -0.2) is 4.98 Å². The highest BCUT2D eigenvalue weighted by Gasteiger charge is 2.44. The van der Waals surface area contributed by atoms with Crippen molar-refractivity contribution in [3.05, 3.63) is 307 Å². The van der Waals surface area contributed by atoms with Crippen LogP contribution in [0.2, 0.25) is 0 Å². The number of hydrogen-bond acceptors (Lipinski definition) is 2. The predicted octanol–water partition coefficient (Wildman–Crippen LogP) is 19.6. The van der Waals surface area contributed by atoms with E-state index >= 15 is 0 Å². The van der Waals surface area contributed by atoms with Gasteiger partial charge in [-0.1, -0.05) is 289 Å². The number of para-hydroxylation sites is 1. The lowest BCUT2D eigenvalue weighted by Gasteiger charge is -2.37. The SMILES string of the molecule is [2H]c1c([2H])c([2H])c(-c2cc(-c3cc(C(C)(C)C)cc(C(C)(C)C)c3)c(-[n+]3[c-]n(-c4cccc(Oc5ccc6c7ccccc7n(-c7cc(C(C)(C)C)ccn7)c6c5)c4)c4cc(-c5ccc(C(C)(C)C)cc5)ccc43)c([Si](c3c([2H])c([2H])c([2H])c([2H])c3[2H])(c3c([2H])c([2H])c([2H])c([2H])c3[2H])c3c([2H])c([2H])c([2H])c([2H])c3[2H])c2)c([2H])c1[2H]. The standard InChI is InChI=1S/C88H82N4OSi/c1-85(2,3)65-43-40-61(41-44-65)62-42-47-79-81(53-62)90(69-30-27-31-70(57-69)93-71-45-46-76-75-38-25-26-39-78(75)92(80(76)58-71)83-56-66(48-49-89-83)86(4,5)6)59-91(79)84-77(64-50-67(87(7,8)9)55-68(51-64)88(10,11)12)52-63(60-28-17-13-18-29-60)54-82(84)94(72-32-19-14-20-33-72,73-34-21-15-22-35-73)74-36-23-16-24-37-74/h13-58H,1-12H3/i13D,14D,15D,16D,17D,18D,19D,20D,21D,22D,23D,24D,28D,29D,32D,33D,34D,35D,36D,37D. The summed E-state index contributed by atoms with van der Waals surface area (Å²) in [6.07, 6.45) is 5.51. The summed E-state index contributed by atoms with van der Waals surface area (Å²) in [6, 6.07) is 28.8. The quantitative estimate of drug-likeness (QED) is 0.0529. The molecule has 3 aromatic heterocycles. The molecule has 6 heteroatoms. The van der Waals surface area contributed by atoms with Gasteiger partial charge in [-0.2, -0.15) is 0 Å². The predicted molar refractivity (Wildman–Crippen MR) is 397 cm³/mol. The van der Waals surface area contributed by atoms with Crippen LogP contribution in [0.3, 0.4) is 0 Å². The van der Waals surface area contributed by atoms with Crippen LogP contribution < -0.4 is 30.1 Å². The highest BCUT2D eigenvalue weighted by atomic mass is 28.3. The molecule has 0 fully saturated rings. The van der Waals surface area contributed by atoms with Gasteiger partial charge in [0.15, 0.2) is 8.07 Å². The van der Waals surface area contributed by atoms with E-state index in [0.29, 0.717) is 39.6 Å². The number of fused-ring (bicyclic) bond motifs is 4. The molecule has 0 amide bonds. The minimum Gasteiger partial charge on any atom is -0.458 e. The molecule has 0 atom stereocenters. The summed E-state index contributed by atoms with van der Waals surface area (Å²) in [5.41, 5.74) is 5.85. The van der Waals surface area contributed by atoms with Crippen molar-refractivity contribution in [2.75, 3.05) is 0 Å². The number of nitrogens with zero attached hydrogens (tertiary/aromatic N) is 4. The van der Waals surface area contributed by atoms with Crippen molar-refractivity contribution in [3.8, 4) is 62.1 Å². The molecule has 464 valence electrons. The Bertz CT molecular complexity index is 6080. The lowest BCUT2D eigenvalue weighted by molar-refractivity contribution is -0.570. The molecule has 0 spiro atoms. The van der Waals surface area contributed by atoms with Crippen LogP contribution in [0.4, 0.5) is 0 Å². The zero-order chi connectivity index (χ0) is 82.7. The third-order valence-corrected chi connectivity index (χ3v) is 21.9. The number of ether oxygens (including phenoxy) is 1. The van der Waals surface area contributed by atoms with Crippen LogP contribution in [0.25, 0.3) is 83.4 Å². The highest BCUT2D eigenvalue weighted by Crippen LogP contribution is 2.41. The summed E-state index contributed by atoms with van der Waals surface area (Å²) >= 11 is 0. The Morgan fingerprint density at radius 2 is 0.979 bits per heavy atom. The van der Waals surface area contributed by atoms with Crippen LogP contribution >= 0.6 is 0 Å². The molecular weight excluding hydrogens is 1160 g/mol. The second-order valence-electron chi connectivity index (χ2n) is 28.1. The van der Waals surface area contributed by atoms with Crippen LogP contribution in [0.15, 0.2) is 279 Å². The molecule has 0 radical (unpaired) electrons. The van der Waals surface area contributed by atoms with Crippen molar-refractivity contribution in [2.45, 2.75) is 105 Å². The Balaban J connectivity index is 1.21. The Morgan fingerprint density at radius 1 is 0.415 bits per heavy atom. The molecule has 0 saturated carbocycles. The Hall–Kier alpha value is -10.1. The van der Waals surface area contributed by atoms with Gasteiger partial charge in [-0.05, 0) is 159 Å². The van der Waals surface area contributed by atoms with Crippen molar-refractivity contribution < 1.29 is 36.7 Å². The number of benzene rings is 11. The van der Waals surface area contributed by atoms with Gasteiger partial charge in [0.2, 0.25) is 0 Å². The minimum absolute atomic E-state index is 0.0715. The molecule has 0 saturated heterocycles.